The number of sulfone groups is 1. The van der Waals surface area contributed by atoms with Crippen LogP contribution in [0.3, 0.4) is 0 Å². The fourth-order valence-electron chi connectivity index (χ4n) is 1.95. The second-order valence-corrected chi connectivity index (χ2v) is 7.42. The number of nitrogens with zero attached hydrogens (tertiary/aromatic N) is 1. The molecule has 4 nitrogen and oxygen atoms in total. The van der Waals surface area contributed by atoms with E-state index in [9.17, 15) is 8.42 Å². The zero-order chi connectivity index (χ0) is 14.6. The lowest BCUT2D eigenvalue weighted by Gasteiger charge is -2.19. The normalized spacial score (nSPS) is 13.8. The molecule has 6 heteroatoms. The predicted molar refractivity (Wildman–Crippen MR) is 79.4 cm³/mol. The lowest BCUT2D eigenvalue weighted by molar-refractivity contribution is 0.348. The van der Waals surface area contributed by atoms with Crippen LogP contribution in [0.5, 0.6) is 0 Å². The minimum absolute atomic E-state index is 0.249. The summed E-state index contributed by atoms with van der Waals surface area (Å²) in [7, 11) is 0.729. The van der Waals surface area contributed by atoms with Crippen molar-refractivity contribution in [1.29, 1.82) is 0 Å². The van der Waals surface area contributed by atoms with Crippen LogP contribution in [0, 0.1) is 0 Å². The Kier molecular flexibility index (Phi) is 5.80. The van der Waals surface area contributed by atoms with Crippen LogP contribution in [0.15, 0.2) is 23.1 Å². The molecule has 0 aliphatic heterocycles. The lowest BCUT2D eigenvalue weighted by atomic mass is 10.2. The molecule has 19 heavy (non-hydrogen) atoms. The van der Waals surface area contributed by atoms with Gasteiger partial charge in [-0.1, -0.05) is 17.7 Å². The van der Waals surface area contributed by atoms with Crippen LogP contribution in [0.2, 0.25) is 5.02 Å². The van der Waals surface area contributed by atoms with E-state index in [1.54, 1.807) is 18.2 Å². The average Bonchev–Trinajstić information content (AvgIpc) is 2.24. The summed E-state index contributed by atoms with van der Waals surface area (Å²) in [6, 6.07) is 5.21. The standard InChI is InChI=1S/C13H21ClN2O2S/c1-10(9-16(2)3)15-8-11-12(14)6-5-7-13(11)19(4,17)18/h5-7,10,15H,8-9H2,1-4H3. The maximum Gasteiger partial charge on any atom is 0.175 e. The highest BCUT2D eigenvalue weighted by atomic mass is 35.5. The van der Waals surface area contributed by atoms with E-state index in [1.807, 2.05) is 14.1 Å². The van der Waals surface area contributed by atoms with Crippen molar-refractivity contribution in [2.75, 3.05) is 26.9 Å². The lowest BCUT2D eigenvalue weighted by Crippen LogP contribution is -2.35. The Morgan fingerprint density at radius 3 is 2.53 bits per heavy atom. The number of hydrogen-bond acceptors (Lipinski definition) is 4. The third kappa shape index (κ3) is 5.10. The van der Waals surface area contributed by atoms with E-state index in [4.69, 9.17) is 11.6 Å². The summed E-state index contributed by atoms with van der Waals surface area (Å²) in [6.45, 7) is 3.37. The quantitative estimate of drug-likeness (QED) is 0.870. The van der Waals surface area contributed by atoms with Crippen LogP contribution in [0.1, 0.15) is 12.5 Å². The van der Waals surface area contributed by atoms with Gasteiger partial charge in [-0.3, -0.25) is 0 Å². The maximum atomic E-state index is 11.7. The highest BCUT2D eigenvalue weighted by molar-refractivity contribution is 7.90. The van der Waals surface area contributed by atoms with E-state index in [-0.39, 0.29) is 6.04 Å². The Morgan fingerprint density at radius 2 is 2.00 bits per heavy atom. The van der Waals surface area contributed by atoms with E-state index in [0.717, 1.165) is 6.54 Å². The summed E-state index contributed by atoms with van der Waals surface area (Å²) in [5.41, 5.74) is 0.636. The summed E-state index contributed by atoms with van der Waals surface area (Å²) in [5.74, 6) is 0. The number of hydrogen-bond donors (Lipinski definition) is 1. The van der Waals surface area contributed by atoms with Crippen LogP contribution < -0.4 is 5.32 Å². The topological polar surface area (TPSA) is 49.4 Å². The fourth-order valence-corrected chi connectivity index (χ4v) is 3.20. The van der Waals surface area contributed by atoms with Crippen LogP contribution in [0.25, 0.3) is 0 Å². The molecule has 0 saturated heterocycles. The zero-order valence-electron chi connectivity index (χ0n) is 11.8. The SMILES string of the molecule is CC(CN(C)C)NCc1c(Cl)cccc1S(C)(=O)=O. The molecule has 1 N–H and O–H groups in total. The van der Waals surface area contributed by atoms with Gasteiger partial charge in [0.15, 0.2) is 9.84 Å². The first kappa shape index (κ1) is 16.4. The van der Waals surface area contributed by atoms with Gasteiger partial charge in [0.25, 0.3) is 0 Å². The highest BCUT2D eigenvalue weighted by Gasteiger charge is 2.16. The van der Waals surface area contributed by atoms with Gasteiger partial charge in [-0.2, -0.15) is 0 Å². The molecule has 1 rings (SSSR count). The van der Waals surface area contributed by atoms with Gasteiger partial charge in [0.1, 0.15) is 0 Å². The molecule has 0 bridgehead atoms. The van der Waals surface area contributed by atoms with Gasteiger partial charge in [0.2, 0.25) is 0 Å². The monoisotopic (exact) mass is 304 g/mol. The molecule has 1 aromatic carbocycles. The Balaban J connectivity index is 2.89. The summed E-state index contributed by atoms with van der Waals surface area (Å²) in [5, 5.41) is 3.77. The molecule has 0 amide bonds. The molecular formula is C13H21ClN2O2S. The summed E-state index contributed by atoms with van der Waals surface area (Å²) < 4.78 is 23.5. The molecule has 1 unspecified atom stereocenters. The summed E-state index contributed by atoms with van der Waals surface area (Å²) in [4.78, 5) is 2.37. The first-order valence-electron chi connectivity index (χ1n) is 6.07. The molecule has 0 spiro atoms. The molecule has 0 aromatic heterocycles. The van der Waals surface area contributed by atoms with E-state index in [1.165, 1.54) is 6.26 Å². The predicted octanol–water partition coefficient (Wildman–Crippen LogP) is 1.78. The number of rotatable bonds is 6. The first-order valence-corrected chi connectivity index (χ1v) is 8.34. The van der Waals surface area contributed by atoms with Gasteiger partial charge in [0.05, 0.1) is 4.90 Å². The molecular weight excluding hydrogens is 284 g/mol. The fraction of sp³-hybridized carbons (Fsp3) is 0.538. The van der Waals surface area contributed by atoms with Gasteiger partial charge >= 0.3 is 0 Å². The van der Waals surface area contributed by atoms with Crippen molar-refractivity contribution in [2.24, 2.45) is 0 Å². The second kappa shape index (κ2) is 6.70. The summed E-state index contributed by atoms with van der Waals surface area (Å²) in [6.07, 6.45) is 1.20. The average molecular weight is 305 g/mol. The third-order valence-corrected chi connectivity index (χ3v) is 4.28. The minimum atomic E-state index is -3.26. The van der Waals surface area contributed by atoms with Crippen molar-refractivity contribution in [3.05, 3.63) is 28.8 Å². The molecule has 108 valence electrons. The van der Waals surface area contributed by atoms with Crippen molar-refractivity contribution in [3.63, 3.8) is 0 Å². The largest absolute Gasteiger partial charge is 0.309 e. The zero-order valence-corrected chi connectivity index (χ0v) is 13.3. The van der Waals surface area contributed by atoms with Crippen LogP contribution in [0.4, 0.5) is 0 Å². The molecule has 0 radical (unpaired) electrons. The van der Waals surface area contributed by atoms with Crippen molar-refractivity contribution in [2.45, 2.75) is 24.4 Å². The first-order chi connectivity index (χ1) is 8.71. The number of halogens is 1. The van der Waals surface area contributed by atoms with E-state index in [0.29, 0.717) is 22.0 Å². The molecule has 1 aromatic rings. The Bertz CT molecular complexity index is 529. The number of likely N-dealkylation sites (N-methyl/N-ethyl adjacent to an activating group) is 1. The summed E-state index contributed by atoms with van der Waals surface area (Å²) >= 11 is 6.11. The van der Waals surface area contributed by atoms with Gasteiger partial charge in [0, 0.05) is 36.0 Å². The van der Waals surface area contributed by atoms with E-state index in [2.05, 4.69) is 17.1 Å². The van der Waals surface area contributed by atoms with Crippen LogP contribution in [-0.4, -0.2) is 46.3 Å². The van der Waals surface area contributed by atoms with Crippen molar-refractivity contribution in [1.82, 2.24) is 10.2 Å². The van der Waals surface area contributed by atoms with Crippen molar-refractivity contribution >= 4 is 21.4 Å². The van der Waals surface area contributed by atoms with E-state index >= 15 is 0 Å². The number of nitrogens with one attached hydrogen (secondary N) is 1. The highest BCUT2D eigenvalue weighted by Crippen LogP contribution is 2.23. The second-order valence-electron chi connectivity index (χ2n) is 5.03. The van der Waals surface area contributed by atoms with Gasteiger partial charge < -0.3 is 10.2 Å². The molecule has 0 aliphatic carbocycles. The van der Waals surface area contributed by atoms with Crippen LogP contribution in [-0.2, 0) is 16.4 Å². The third-order valence-electron chi connectivity index (χ3n) is 2.74. The molecule has 0 saturated carbocycles. The van der Waals surface area contributed by atoms with Gasteiger partial charge in [-0.25, -0.2) is 8.42 Å². The smallest absolute Gasteiger partial charge is 0.175 e. The Hall–Kier alpha value is -0.620. The molecule has 0 fully saturated rings. The maximum absolute atomic E-state index is 11.7. The van der Waals surface area contributed by atoms with Crippen molar-refractivity contribution < 1.29 is 8.42 Å². The van der Waals surface area contributed by atoms with E-state index < -0.39 is 9.84 Å². The molecule has 1 atom stereocenters. The Labute approximate surface area is 120 Å². The van der Waals surface area contributed by atoms with Gasteiger partial charge in [-0.05, 0) is 33.2 Å². The van der Waals surface area contributed by atoms with Crippen LogP contribution >= 0.6 is 11.6 Å². The van der Waals surface area contributed by atoms with Crippen molar-refractivity contribution in [3.8, 4) is 0 Å². The minimum Gasteiger partial charge on any atom is -0.309 e. The van der Waals surface area contributed by atoms with Gasteiger partial charge in [-0.15, -0.1) is 0 Å². The number of benzene rings is 1. The molecule has 0 heterocycles. The molecule has 0 aliphatic rings. The Morgan fingerprint density at radius 1 is 1.37 bits per heavy atom.